The number of aromatic nitrogens is 2. The number of thioether (sulfide) groups is 1. The molecule has 140 valence electrons. The molecule has 0 fully saturated rings. The number of aryl methyl sites for hydroxylation is 1. The molecular weight excluding hydrogens is 391 g/mol. The summed E-state index contributed by atoms with van der Waals surface area (Å²) in [5, 5.41) is 5.77. The van der Waals surface area contributed by atoms with Gasteiger partial charge in [0.2, 0.25) is 23.5 Å². The van der Waals surface area contributed by atoms with Gasteiger partial charge in [-0.15, -0.1) is 23.1 Å². The highest BCUT2D eigenvalue weighted by Crippen LogP contribution is 2.22. The van der Waals surface area contributed by atoms with Crippen LogP contribution in [-0.4, -0.2) is 27.7 Å². The molecule has 2 aromatic heterocycles. The van der Waals surface area contributed by atoms with Crippen LogP contribution in [-0.2, 0) is 16.0 Å². The number of hydrazine groups is 1. The average Bonchev–Trinajstić information content (AvgIpc) is 3.35. The second kappa shape index (κ2) is 9.28. The first-order valence-electron chi connectivity index (χ1n) is 7.93. The van der Waals surface area contributed by atoms with Crippen molar-refractivity contribution in [3.05, 3.63) is 53.5 Å². The highest BCUT2D eigenvalue weighted by atomic mass is 32.2. The molecule has 3 rings (SSSR count). The SMILES string of the molecule is O=C(CCc1nc(-c2cccs2)no1)NNC(=O)CSc1ccccc1F. The lowest BCUT2D eigenvalue weighted by Crippen LogP contribution is -2.42. The molecule has 2 N–H and O–H groups in total. The predicted molar refractivity (Wildman–Crippen MR) is 99.3 cm³/mol. The minimum absolute atomic E-state index is 0.0188. The number of carbonyl (C=O) groups excluding carboxylic acids is 2. The molecule has 1 aromatic carbocycles. The molecule has 10 heteroatoms. The van der Waals surface area contributed by atoms with Gasteiger partial charge in [0, 0.05) is 17.7 Å². The van der Waals surface area contributed by atoms with E-state index in [1.807, 2.05) is 17.5 Å². The molecule has 2 amide bonds. The van der Waals surface area contributed by atoms with E-state index in [2.05, 4.69) is 21.0 Å². The van der Waals surface area contributed by atoms with Gasteiger partial charge in [0.15, 0.2) is 0 Å². The Labute approximate surface area is 162 Å². The molecule has 0 saturated heterocycles. The summed E-state index contributed by atoms with van der Waals surface area (Å²) in [5.41, 5.74) is 4.59. The van der Waals surface area contributed by atoms with Crippen molar-refractivity contribution >= 4 is 34.9 Å². The molecule has 0 aliphatic heterocycles. The van der Waals surface area contributed by atoms with E-state index in [9.17, 15) is 14.0 Å². The largest absolute Gasteiger partial charge is 0.339 e. The van der Waals surface area contributed by atoms with Gasteiger partial charge in [-0.25, -0.2) is 4.39 Å². The third-order valence-electron chi connectivity index (χ3n) is 3.31. The maximum absolute atomic E-state index is 13.5. The van der Waals surface area contributed by atoms with Crippen molar-refractivity contribution in [1.29, 1.82) is 0 Å². The van der Waals surface area contributed by atoms with Gasteiger partial charge in [-0.3, -0.25) is 20.4 Å². The number of carbonyl (C=O) groups is 2. The molecule has 7 nitrogen and oxygen atoms in total. The van der Waals surface area contributed by atoms with Crippen LogP contribution in [0.15, 0.2) is 51.2 Å². The molecule has 27 heavy (non-hydrogen) atoms. The van der Waals surface area contributed by atoms with Crippen LogP contribution in [0.4, 0.5) is 4.39 Å². The second-order valence-corrected chi connectivity index (χ2v) is 7.27. The summed E-state index contributed by atoms with van der Waals surface area (Å²) in [7, 11) is 0. The van der Waals surface area contributed by atoms with Crippen LogP contribution in [0.2, 0.25) is 0 Å². The van der Waals surface area contributed by atoms with E-state index in [1.54, 1.807) is 18.2 Å². The molecular formula is C17H15FN4O3S2. The first kappa shape index (κ1) is 19.1. The maximum atomic E-state index is 13.5. The van der Waals surface area contributed by atoms with E-state index < -0.39 is 11.8 Å². The van der Waals surface area contributed by atoms with Crippen molar-refractivity contribution in [3.8, 4) is 10.7 Å². The third-order valence-corrected chi connectivity index (χ3v) is 5.23. The van der Waals surface area contributed by atoms with Crippen LogP contribution in [0.5, 0.6) is 0 Å². The minimum atomic E-state index is -0.436. The Morgan fingerprint density at radius 1 is 1.15 bits per heavy atom. The highest BCUT2D eigenvalue weighted by molar-refractivity contribution is 8.00. The van der Waals surface area contributed by atoms with Crippen molar-refractivity contribution in [3.63, 3.8) is 0 Å². The van der Waals surface area contributed by atoms with Gasteiger partial charge in [-0.05, 0) is 23.6 Å². The molecule has 0 aliphatic carbocycles. The average molecular weight is 406 g/mol. The lowest BCUT2D eigenvalue weighted by Gasteiger charge is -2.07. The number of thiophene rings is 1. The van der Waals surface area contributed by atoms with E-state index in [4.69, 9.17) is 4.52 Å². The summed E-state index contributed by atoms with van der Waals surface area (Å²) >= 11 is 2.54. The molecule has 2 heterocycles. The fraction of sp³-hybridized carbons (Fsp3) is 0.176. The Balaban J connectivity index is 1.37. The van der Waals surface area contributed by atoms with Gasteiger partial charge in [0.1, 0.15) is 5.82 Å². The van der Waals surface area contributed by atoms with E-state index in [0.29, 0.717) is 16.6 Å². The van der Waals surface area contributed by atoms with Crippen molar-refractivity contribution in [2.45, 2.75) is 17.7 Å². The van der Waals surface area contributed by atoms with Gasteiger partial charge in [0.05, 0.1) is 10.6 Å². The Hall–Kier alpha value is -2.72. The van der Waals surface area contributed by atoms with Gasteiger partial charge >= 0.3 is 0 Å². The van der Waals surface area contributed by atoms with Crippen molar-refractivity contribution in [2.75, 3.05) is 5.75 Å². The number of benzene rings is 1. The number of nitrogens with zero attached hydrogens (tertiary/aromatic N) is 2. The minimum Gasteiger partial charge on any atom is -0.339 e. The smallest absolute Gasteiger partial charge is 0.248 e. The summed E-state index contributed by atoms with van der Waals surface area (Å²) < 4.78 is 18.6. The van der Waals surface area contributed by atoms with Crippen molar-refractivity contribution in [1.82, 2.24) is 21.0 Å². The zero-order chi connectivity index (χ0) is 19.1. The predicted octanol–water partition coefficient (Wildman–Crippen LogP) is 2.81. The Morgan fingerprint density at radius 3 is 2.74 bits per heavy atom. The van der Waals surface area contributed by atoms with Gasteiger partial charge in [0.25, 0.3) is 0 Å². The van der Waals surface area contributed by atoms with Crippen LogP contribution < -0.4 is 10.9 Å². The van der Waals surface area contributed by atoms with Crippen LogP contribution in [0.3, 0.4) is 0 Å². The molecule has 0 saturated carbocycles. The number of hydrogen-bond donors (Lipinski definition) is 2. The number of halogens is 1. The summed E-state index contributed by atoms with van der Waals surface area (Å²) in [5.74, 6) is -0.408. The summed E-state index contributed by atoms with van der Waals surface area (Å²) in [4.78, 5) is 29.0. The summed E-state index contributed by atoms with van der Waals surface area (Å²) in [6, 6.07) is 9.93. The third kappa shape index (κ3) is 5.63. The number of amides is 2. The fourth-order valence-electron chi connectivity index (χ4n) is 2.03. The standard InChI is InChI=1S/C17H15FN4O3S2/c18-11-4-1-2-5-12(11)27-10-15(24)21-20-14(23)7-8-16-19-17(22-25-16)13-6-3-9-26-13/h1-6,9H,7-8,10H2,(H,20,23)(H,21,24). The lowest BCUT2D eigenvalue weighted by atomic mass is 10.3. The van der Waals surface area contributed by atoms with Crippen LogP contribution in [0.1, 0.15) is 12.3 Å². The first-order chi connectivity index (χ1) is 13.1. The van der Waals surface area contributed by atoms with Gasteiger partial charge in [-0.1, -0.05) is 23.4 Å². The Morgan fingerprint density at radius 2 is 1.96 bits per heavy atom. The Bertz CT molecular complexity index is 915. The topological polar surface area (TPSA) is 97.1 Å². The van der Waals surface area contributed by atoms with Crippen LogP contribution >= 0.6 is 23.1 Å². The maximum Gasteiger partial charge on any atom is 0.248 e. The van der Waals surface area contributed by atoms with Crippen molar-refractivity contribution in [2.24, 2.45) is 0 Å². The van der Waals surface area contributed by atoms with Crippen LogP contribution in [0, 0.1) is 5.82 Å². The number of rotatable bonds is 7. The second-order valence-electron chi connectivity index (χ2n) is 5.30. The molecule has 0 unspecified atom stereocenters. The Kier molecular flexibility index (Phi) is 6.55. The number of nitrogens with one attached hydrogen (secondary N) is 2. The highest BCUT2D eigenvalue weighted by Gasteiger charge is 2.12. The summed E-state index contributed by atoms with van der Waals surface area (Å²) in [6.07, 6.45) is 0.330. The summed E-state index contributed by atoms with van der Waals surface area (Å²) in [6.45, 7) is 0. The van der Waals surface area contributed by atoms with E-state index in [1.165, 1.54) is 17.4 Å². The molecule has 0 bridgehead atoms. The molecule has 0 spiro atoms. The zero-order valence-corrected chi connectivity index (χ0v) is 15.6. The lowest BCUT2D eigenvalue weighted by molar-refractivity contribution is -0.127. The monoisotopic (exact) mass is 406 g/mol. The molecule has 0 aliphatic rings. The van der Waals surface area contributed by atoms with E-state index in [0.717, 1.165) is 16.6 Å². The van der Waals surface area contributed by atoms with Crippen molar-refractivity contribution < 1.29 is 18.5 Å². The molecule has 3 aromatic rings. The van der Waals surface area contributed by atoms with E-state index in [-0.39, 0.29) is 24.4 Å². The fourth-order valence-corrected chi connectivity index (χ4v) is 3.41. The first-order valence-corrected chi connectivity index (χ1v) is 9.80. The van der Waals surface area contributed by atoms with Crippen LogP contribution in [0.25, 0.3) is 10.7 Å². The van der Waals surface area contributed by atoms with Gasteiger partial charge < -0.3 is 4.52 Å². The zero-order valence-electron chi connectivity index (χ0n) is 14.0. The van der Waals surface area contributed by atoms with E-state index >= 15 is 0 Å². The quantitative estimate of drug-likeness (QED) is 0.463. The number of hydrogen-bond acceptors (Lipinski definition) is 7. The van der Waals surface area contributed by atoms with Gasteiger partial charge in [-0.2, -0.15) is 4.98 Å². The molecule has 0 atom stereocenters. The normalized spacial score (nSPS) is 10.6. The molecule has 0 radical (unpaired) electrons.